The Hall–Kier alpha value is -4.42. The normalized spacial score (nSPS) is 11.8. The number of benzene rings is 4. The van der Waals surface area contributed by atoms with Crippen molar-refractivity contribution in [2.45, 2.75) is 18.2 Å². The van der Waals surface area contributed by atoms with Crippen LogP contribution in [0.3, 0.4) is 0 Å². The van der Waals surface area contributed by atoms with Crippen molar-refractivity contribution >= 4 is 12.1 Å². The highest BCUT2D eigenvalue weighted by Crippen LogP contribution is 2.37. The van der Waals surface area contributed by atoms with Crippen LogP contribution in [0.15, 0.2) is 121 Å². The van der Waals surface area contributed by atoms with E-state index in [-0.39, 0.29) is 13.2 Å². The third-order valence-corrected chi connectivity index (χ3v) is 6.16. The SMILES string of the molecule is COC(=O)C(CNC(=O)OCc1ccccc1)NC(c1ccccc1)(c1ccccc1)c1ccccc1. The van der Waals surface area contributed by atoms with E-state index >= 15 is 0 Å². The Bertz CT molecular complexity index is 1170. The number of nitrogens with one attached hydrogen (secondary N) is 2. The molecular weight excluding hydrogens is 464 g/mol. The van der Waals surface area contributed by atoms with Crippen LogP contribution >= 0.6 is 0 Å². The lowest BCUT2D eigenvalue weighted by atomic mass is 9.76. The van der Waals surface area contributed by atoms with Crippen molar-refractivity contribution in [2.24, 2.45) is 0 Å². The molecule has 4 aromatic carbocycles. The van der Waals surface area contributed by atoms with Crippen LogP contribution in [0.2, 0.25) is 0 Å². The largest absolute Gasteiger partial charge is 0.468 e. The zero-order chi connectivity index (χ0) is 25.9. The molecule has 4 rings (SSSR count). The topological polar surface area (TPSA) is 76.7 Å². The summed E-state index contributed by atoms with van der Waals surface area (Å²) >= 11 is 0. The molecule has 0 bridgehead atoms. The fraction of sp³-hybridized carbons (Fsp3) is 0.161. The number of methoxy groups -OCH3 is 1. The van der Waals surface area contributed by atoms with Gasteiger partial charge in [-0.25, -0.2) is 4.79 Å². The van der Waals surface area contributed by atoms with Gasteiger partial charge in [0.25, 0.3) is 0 Å². The summed E-state index contributed by atoms with van der Waals surface area (Å²) in [7, 11) is 1.33. The first-order valence-corrected chi connectivity index (χ1v) is 12.1. The Morgan fingerprint density at radius 3 is 1.57 bits per heavy atom. The van der Waals surface area contributed by atoms with Crippen molar-refractivity contribution in [2.75, 3.05) is 13.7 Å². The van der Waals surface area contributed by atoms with Crippen LogP contribution in [0, 0.1) is 0 Å². The molecule has 0 saturated heterocycles. The molecule has 0 saturated carbocycles. The maximum Gasteiger partial charge on any atom is 0.407 e. The average molecular weight is 495 g/mol. The fourth-order valence-electron chi connectivity index (χ4n) is 4.37. The highest BCUT2D eigenvalue weighted by atomic mass is 16.5. The first kappa shape index (κ1) is 25.7. The van der Waals surface area contributed by atoms with E-state index in [1.807, 2.05) is 121 Å². The van der Waals surface area contributed by atoms with Crippen molar-refractivity contribution in [1.29, 1.82) is 0 Å². The predicted molar refractivity (Wildman–Crippen MR) is 143 cm³/mol. The lowest BCUT2D eigenvalue weighted by Gasteiger charge is -2.39. The molecule has 0 spiro atoms. The van der Waals surface area contributed by atoms with Gasteiger partial charge in [0, 0.05) is 6.54 Å². The molecule has 0 fully saturated rings. The Kier molecular flexibility index (Phi) is 8.68. The molecule has 0 aromatic heterocycles. The summed E-state index contributed by atoms with van der Waals surface area (Å²) in [5, 5.41) is 6.27. The van der Waals surface area contributed by atoms with Crippen LogP contribution in [0.25, 0.3) is 0 Å². The molecule has 1 unspecified atom stereocenters. The number of hydrogen-bond acceptors (Lipinski definition) is 5. The number of alkyl carbamates (subject to hydrolysis) is 1. The number of ether oxygens (including phenoxy) is 2. The van der Waals surface area contributed by atoms with Crippen LogP contribution in [0.4, 0.5) is 4.79 Å². The van der Waals surface area contributed by atoms with Crippen LogP contribution in [-0.4, -0.2) is 31.8 Å². The molecule has 4 aromatic rings. The van der Waals surface area contributed by atoms with Gasteiger partial charge in [-0.2, -0.15) is 0 Å². The molecule has 0 aliphatic heterocycles. The third-order valence-electron chi connectivity index (χ3n) is 6.16. The second-order valence-corrected chi connectivity index (χ2v) is 8.51. The quantitative estimate of drug-likeness (QED) is 0.239. The summed E-state index contributed by atoms with van der Waals surface area (Å²) in [4.78, 5) is 25.5. The van der Waals surface area contributed by atoms with Crippen molar-refractivity contribution < 1.29 is 19.1 Å². The van der Waals surface area contributed by atoms with E-state index in [9.17, 15) is 9.59 Å². The molecular formula is C31H30N2O4. The molecule has 1 amide bonds. The third kappa shape index (κ3) is 6.23. The number of hydrogen-bond donors (Lipinski definition) is 2. The van der Waals surface area contributed by atoms with Gasteiger partial charge >= 0.3 is 12.1 Å². The minimum Gasteiger partial charge on any atom is -0.468 e. The van der Waals surface area contributed by atoms with Gasteiger partial charge < -0.3 is 14.8 Å². The highest BCUT2D eigenvalue weighted by molar-refractivity contribution is 5.78. The lowest BCUT2D eigenvalue weighted by molar-refractivity contribution is -0.143. The van der Waals surface area contributed by atoms with E-state index in [0.29, 0.717) is 0 Å². The standard InChI is InChI=1S/C31H30N2O4/c1-36-29(34)28(22-32-30(35)37-23-24-14-6-2-7-15-24)33-31(25-16-8-3-9-17-25,26-18-10-4-11-19-26)27-20-12-5-13-21-27/h2-21,28,33H,22-23H2,1H3,(H,32,35). The Labute approximate surface area is 217 Å². The number of carbonyl (C=O) groups is 2. The first-order chi connectivity index (χ1) is 18.1. The van der Waals surface area contributed by atoms with Gasteiger partial charge in [-0.3, -0.25) is 10.1 Å². The summed E-state index contributed by atoms with van der Waals surface area (Å²) < 4.78 is 10.5. The summed E-state index contributed by atoms with van der Waals surface area (Å²) in [6, 6.07) is 38.3. The molecule has 0 aliphatic rings. The molecule has 0 radical (unpaired) electrons. The van der Waals surface area contributed by atoms with Gasteiger partial charge in [0.15, 0.2) is 0 Å². The van der Waals surface area contributed by atoms with E-state index in [4.69, 9.17) is 9.47 Å². The van der Waals surface area contributed by atoms with Crippen molar-refractivity contribution in [3.8, 4) is 0 Å². The van der Waals surface area contributed by atoms with E-state index in [2.05, 4.69) is 10.6 Å². The van der Waals surface area contributed by atoms with Crippen LogP contribution in [-0.2, 0) is 26.4 Å². The predicted octanol–water partition coefficient (Wildman–Crippen LogP) is 5.04. The molecule has 188 valence electrons. The molecule has 2 N–H and O–H groups in total. The highest BCUT2D eigenvalue weighted by Gasteiger charge is 2.40. The van der Waals surface area contributed by atoms with Crippen LogP contribution in [0.5, 0.6) is 0 Å². The Balaban J connectivity index is 1.66. The second kappa shape index (κ2) is 12.5. The fourth-order valence-corrected chi connectivity index (χ4v) is 4.37. The first-order valence-electron chi connectivity index (χ1n) is 12.1. The number of rotatable bonds is 10. The molecule has 6 heteroatoms. The molecule has 37 heavy (non-hydrogen) atoms. The zero-order valence-electron chi connectivity index (χ0n) is 20.7. The van der Waals surface area contributed by atoms with E-state index in [1.54, 1.807) is 0 Å². The van der Waals surface area contributed by atoms with Gasteiger partial charge in [0.05, 0.1) is 12.6 Å². The molecule has 6 nitrogen and oxygen atoms in total. The van der Waals surface area contributed by atoms with Gasteiger partial charge in [-0.1, -0.05) is 121 Å². The second-order valence-electron chi connectivity index (χ2n) is 8.51. The maximum absolute atomic E-state index is 13.0. The minimum absolute atomic E-state index is 0.0332. The van der Waals surface area contributed by atoms with Gasteiger partial charge in [0.2, 0.25) is 0 Å². The summed E-state index contributed by atoms with van der Waals surface area (Å²) in [5.74, 6) is -0.504. The average Bonchev–Trinajstić information content (AvgIpc) is 2.98. The van der Waals surface area contributed by atoms with Gasteiger partial charge in [0.1, 0.15) is 12.6 Å². The van der Waals surface area contributed by atoms with E-state index in [1.165, 1.54) is 7.11 Å². The van der Waals surface area contributed by atoms with Crippen molar-refractivity contribution in [1.82, 2.24) is 10.6 Å². The summed E-state index contributed by atoms with van der Waals surface area (Å²) in [5.41, 5.74) is 2.78. The number of carbonyl (C=O) groups excluding carboxylic acids is 2. The maximum atomic E-state index is 13.0. The summed E-state index contributed by atoms with van der Waals surface area (Å²) in [6.45, 7) is 0.0967. The Morgan fingerprint density at radius 2 is 1.14 bits per heavy atom. The smallest absolute Gasteiger partial charge is 0.407 e. The molecule has 0 aliphatic carbocycles. The number of amides is 1. The van der Waals surface area contributed by atoms with Crippen molar-refractivity contribution in [3.63, 3.8) is 0 Å². The minimum atomic E-state index is -0.905. The van der Waals surface area contributed by atoms with Crippen molar-refractivity contribution in [3.05, 3.63) is 144 Å². The summed E-state index contributed by atoms with van der Waals surface area (Å²) in [6.07, 6.45) is -0.621. The van der Waals surface area contributed by atoms with Gasteiger partial charge in [-0.15, -0.1) is 0 Å². The molecule has 0 heterocycles. The monoisotopic (exact) mass is 494 g/mol. The van der Waals surface area contributed by atoms with Gasteiger partial charge in [-0.05, 0) is 22.3 Å². The van der Waals surface area contributed by atoms with E-state index < -0.39 is 23.6 Å². The van der Waals surface area contributed by atoms with E-state index in [0.717, 1.165) is 22.3 Å². The van der Waals surface area contributed by atoms with Crippen LogP contribution in [0.1, 0.15) is 22.3 Å². The lowest BCUT2D eigenvalue weighted by Crippen LogP contribution is -2.56. The van der Waals surface area contributed by atoms with Crippen LogP contribution < -0.4 is 10.6 Å². The zero-order valence-corrected chi connectivity index (χ0v) is 20.7. The number of esters is 1. The molecule has 1 atom stereocenters. The Morgan fingerprint density at radius 1 is 0.703 bits per heavy atom.